The number of nitrogens with two attached hydrogens (primary N) is 1. The second-order valence-corrected chi connectivity index (χ2v) is 14.1. The summed E-state index contributed by atoms with van der Waals surface area (Å²) < 4.78 is 27.6. The van der Waals surface area contributed by atoms with Crippen molar-refractivity contribution in [2.45, 2.75) is 63.3 Å². The number of fused-ring (bicyclic) bond motifs is 2. The normalized spacial score (nSPS) is 33.2. The summed E-state index contributed by atoms with van der Waals surface area (Å²) in [6, 6.07) is 12.0. The number of hydrogen-bond donors (Lipinski definition) is 2. The Morgan fingerprint density at radius 2 is 1.58 bits per heavy atom. The molecule has 1 saturated heterocycles. The number of nitrogens with zero attached hydrogens (tertiary/aromatic N) is 4. The molecule has 43 heavy (non-hydrogen) atoms. The summed E-state index contributed by atoms with van der Waals surface area (Å²) in [4.78, 5) is 37.1. The van der Waals surface area contributed by atoms with Crippen LogP contribution in [0.5, 0.6) is 0 Å². The summed E-state index contributed by atoms with van der Waals surface area (Å²) in [5, 5.41) is 3.43. The van der Waals surface area contributed by atoms with Crippen LogP contribution < -0.4 is 25.8 Å². The van der Waals surface area contributed by atoms with Crippen molar-refractivity contribution in [1.29, 1.82) is 0 Å². The molecule has 2 aliphatic heterocycles. The molecule has 3 amide bonds. The van der Waals surface area contributed by atoms with Gasteiger partial charge < -0.3 is 20.9 Å². The number of piperidine rings is 1. The van der Waals surface area contributed by atoms with Gasteiger partial charge in [-0.1, -0.05) is 12.1 Å². The van der Waals surface area contributed by atoms with Crippen LogP contribution in [0.1, 0.15) is 51.4 Å². The summed E-state index contributed by atoms with van der Waals surface area (Å²) >= 11 is 0. The second kappa shape index (κ2) is 9.79. The highest BCUT2D eigenvalue weighted by molar-refractivity contribution is 5.98. The second-order valence-electron chi connectivity index (χ2n) is 14.1. The number of hydrogen-bond acceptors (Lipinski definition) is 5. The van der Waals surface area contributed by atoms with Crippen molar-refractivity contribution in [2.75, 3.05) is 40.9 Å². The van der Waals surface area contributed by atoms with Crippen molar-refractivity contribution in [2.24, 2.45) is 40.7 Å². The highest BCUT2D eigenvalue weighted by Crippen LogP contribution is 2.66. The number of aromatic nitrogens is 1. The molecule has 10 heteroatoms. The van der Waals surface area contributed by atoms with Crippen LogP contribution in [0.15, 0.2) is 42.6 Å². The zero-order chi connectivity index (χ0) is 29.5. The summed E-state index contributed by atoms with van der Waals surface area (Å²) in [6.07, 6.45) is 7.98. The first-order chi connectivity index (χ1) is 20.7. The number of carbonyl (C=O) groups is 2. The lowest BCUT2D eigenvalue weighted by Gasteiger charge is -2.45. The summed E-state index contributed by atoms with van der Waals surface area (Å²) in [7, 11) is 0. The van der Waals surface area contributed by atoms with Crippen molar-refractivity contribution in [1.82, 2.24) is 10.3 Å². The average molecular weight is 591 g/mol. The fraction of sp³-hybridized carbons (Fsp3) is 0.606. The van der Waals surface area contributed by atoms with Gasteiger partial charge in [0.05, 0.1) is 23.3 Å². The van der Waals surface area contributed by atoms with Gasteiger partial charge in [0, 0.05) is 50.0 Å². The molecule has 7 aliphatic rings. The Morgan fingerprint density at radius 3 is 2.26 bits per heavy atom. The third-order valence-electron chi connectivity index (χ3n) is 11.9. The van der Waals surface area contributed by atoms with E-state index in [1.165, 1.54) is 0 Å². The van der Waals surface area contributed by atoms with Crippen molar-refractivity contribution >= 4 is 34.8 Å². The van der Waals surface area contributed by atoms with E-state index in [-0.39, 0.29) is 30.3 Å². The molecule has 6 unspecified atom stereocenters. The van der Waals surface area contributed by atoms with E-state index >= 15 is 0 Å². The van der Waals surface area contributed by atoms with Gasteiger partial charge in [-0.15, -0.1) is 0 Å². The standard InChI is InChI=1S/C33H40F2N6O2/c34-33(35)19-32(33)7-9-39(10-8-32)24-5-6-28(37-18-24)40-11-12-41(27-4-2-1-3-26(27)40)31(43)38-29-22-14-20-13-21(16-22)25(30(36)42)17-23(29)15-20/h1-6,18,20-23,25,29H,7-17,19H2,(H2,36,42)(H,38,43). The molecule has 4 bridgehead atoms. The molecule has 1 aromatic carbocycles. The molecule has 6 fully saturated rings. The first-order valence-electron chi connectivity index (χ1n) is 16.0. The van der Waals surface area contributed by atoms with Crippen molar-refractivity contribution < 1.29 is 18.4 Å². The van der Waals surface area contributed by atoms with Gasteiger partial charge in [0.2, 0.25) is 5.91 Å². The van der Waals surface area contributed by atoms with Crippen LogP contribution in [0.3, 0.4) is 0 Å². The lowest BCUT2D eigenvalue weighted by Crippen LogP contribution is -2.55. The van der Waals surface area contributed by atoms with Gasteiger partial charge in [-0.25, -0.2) is 18.6 Å². The van der Waals surface area contributed by atoms with Crippen LogP contribution in [-0.4, -0.2) is 55.1 Å². The number of amides is 3. The summed E-state index contributed by atoms with van der Waals surface area (Å²) in [5.41, 5.74) is 7.79. The number of rotatable bonds is 4. The molecule has 0 radical (unpaired) electrons. The third-order valence-corrected chi connectivity index (χ3v) is 11.9. The number of primary amides is 1. The Bertz CT molecular complexity index is 1430. The Balaban J connectivity index is 0.969. The van der Waals surface area contributed by atoms with Gasteiger partial charge in [0.15, 0.2) is 0 Å². The maximum absolute atomic E-state index is 13.9. The van der Waals surface area contributed by atoms with Gasteiger partial charge >= 0.3 is 6.03 Å². The van der Waals surface area contributed by atoms with Crippen molar-refractivity contribution in [3.8, 4) is 0 Å². The third kappa shape index (κ3) is 4.46. The molecule has 2 aromatic rings. The fourth-order valence-corrected chi connectivity index (χ4v) is 9.53. The molecule has 228 valence electrons. The molecular weight excluding hydrogens is 550 g/mol. The molecule has 9 rings (SSSR count). The quantitative estimate of drug-likeness (QED) is 0.504. The number of para-hydroxylation sites is 2. The number of carbonyl (C=O) groups excluding carboxylic acids is 2. The zero-order valence-corrected chi connectivity index (χ0v) is 24.4. The van der Waals surface area contributed by atoms with Crippen LogP contribution >= 0.6 is 0 Å². The Morgan fingerprint density at radius 1 is 0.884 bits per heavy atom. The van der Waals surface area contributed by atoms with Gasteiger partial charge in [-0.3, -0.25) is 9.69 Å². The van der Waals surface area contributed by atoms with Crippen LogP contribution in [0.4, 0.5) is 36.5 Å². The number of urea groups is 1. The Labute approximate surface area is 251 Å². The van der Waals surface area contributed by atoms with Crippen LogP contribution in [0.2, 0.25) is 0 Å². The van der Waals surface area contributed by atoms with Gasteiger partial charge in [-0.2, -0.15) is 0 Å². The minimum atomic E-state index is -2.49. The predicted octanol–water partition coefficient (Wildman–Crippen LogP) is 5.30. The molecule has 8 nitrogen and oxygen atoms in total. The molecule has 5 saturated carbocycles. The van der Waals surface area contributed by atoms with Crippen LogP contribution in [0.25, 0.3) is 0 Å². The largest absolute Gasteiger partial charge is 0.370 e. The number of alkyl halides is 2. The molecule has 3 N–H and O–H groups in total. The molecule has 1 spiro atoms. The van der Waals surface area contributed by atoms with E-state index in [1.54, 1.807) is 0 Å². The minimum Gasteiger partial charge on any atom is -0.370 e. The molecule has 3 heterocycles. The lowest BCUT2D eigenvalue weighted by atomic mass is 9.65. The summed E-state index contributed by atoms with van der Waals surface area (Å²) in [5.74, 6) is -0.247. The Kier molecular flexibility index (Phi) is 6.18. The zero-order valence-electron chi connectivity index (χ0n) is 24.4. The molecule has 5 aliphatic carbocycles. The number of nitrogens with one attached hydrogen (secondary N) is 1. The SMILES string of the molecule is NC(=O)C1CC2CC3CC1CC(C3)C2NC(=O)N1CCN(c2ccc(N3CCC4(CC3)CC4(F)F)cn2)c2ccccc21. The maximum Gasteiger partial charge on any atom is 0.322 e. The first-order valence-corrected chi connectivity index (χ1v) is 16.0. The topological polar surface area (TPSA) is 94.8 Å². The first kappa shape index (κ1) is 27.1. The average Bonchev–Trinajstić information content (AvgIpc) is 3.60. The van der Waals surface area contributed by atoms with Gasteiger partial charge in [-0.05, 0) is 92.9 Å². The minimum absolute atomic E-state index is 0.0347. The van der Waals surface area contributed by atoms with Gasteiger partial charge in [0.25, 0.3) is 5.92 Å². The van der Waals surface area contributed by atoms with E-state index in [0.717, 1.165) is 55.0 Å². The number of benzene rings is 1. The monoisotopic (exact) mass is 590 g/mol. The van der Waals surface area contributed by atoms with E-state index in [2.05, 4.69) is 15.1 Å². The number of pyridine rings is 1. The fourth-order valence-electron chi connectivity index (χ4n) is 9.53. The number of halogens is 2. The summed E-state index contributed by atoms with van der Waals surface area (Å²) in [6.45, 7) is 2.37. The Hall–Kier alpha value is -3.43. The smallest absolute Gasteiger partial charge is 0.322 e. The van der Waals surface area contributed by atoms with E-state index in [1.807, 2.05) is 47.5 Å². The lowest BCUT2D eigenvalue weighted by molar-refractivity contribution is -0.124. The van der Waals surface area contributed by atoms with E-state index in [0.29, 0.717) is 62.7 Å². The van der Waals surface area contributed by atoms with Crippen molar-refractivity contribution in [3.63, 3.8) is 0 Å². The highest BCUT2D eigenvalue weighted by atomic mass is 19.3. The van der Waals surface area contributed by atoms with Gasteiger partial charge in [0.1, 0.15) is 5.82 Å². The predicted molar refractivity (Wildman–Crippen MR) is 161 cm³/mol. The van der Waals surface area contributed by atoms with Crippen LogP contribution in [0, 0.1) is 35.0 Å². The van der Waals surface area contributed by atoms with Crippen molar-refractivity contribution in [3.05, 3.63) is 42.6 Å². The van der Waals surface area contributed by atoms with E-state index in [4.69, 9.17) is 10.7 Å². The van der Waals surface area contributed by atoms with Crippen LogP contribution in [-0.2, 0) is 4.79 Å². The number of anilines is 4. The highest BCUT2D eigenvalue weighted by Gasteiger charge is 2.70. The molecule has 1 aromatic heterocycles. The molecular formula is C33H40F2N6O2. The van der Waals surface area contributed by atoms with E-state index in [9.17, 15) is 18.4 Å². The molecule has 6 atom stereocenters. The maximum atomic E-state index is 13.9. The van der Waals surface area contributed by atoms with E-state index < -0.39 is 11.3 Å².